The van der Waals surface area contributed by atoms with Crippen LogP contribution in [-0.4, -0.2) is 24.3 Å². The average molecular weight is 447 g/mol. The third kappa shape index (κ3) is 4.66. The number of fused-ring (bicyclic) bond motifs is 1. The van der Waals surface area contributed by atoms with Crippen LogP contribution in [0.25, 0.3) is 10.9 Å². The fraction of sp³-hybridized carbons (Fsp3) is 0.192. The first kappa shape index (κ1) is 22.0. The zero-order valence-corrected chi connectivity index (χ0v) is 19.0. The molecular formula is C26H26N2O3S. The van der Waals surface area contributed by atoms with Crippen LogP contribution in [0.3, 0.4) is 0 Å². The van der Waals surface area contributed by atoms with Crippen molar-refractivity contribution in [3.8, 4) is 0 Å². The molecule has 32 heavy (non-hydrogen) atoms. The molecule has 4 rings (SSSR count). The number of pyridine rings is 1. The van der Waals surface area contributed by atoms with Crippen molar-refractivity contribution in [1.82, 2.24) is 9.29 Å². The van der Waals surface area contributed by atoms with Crippen molar-refractivity contribution >= 4 is 20.9 Å². The second kappa shape index (κ2) is 9.10. The Labute approximate surface area is 188 Å². The molecule has 0 spiro atoms. The molecule has 164 valence electrons. The maximum absolute atomic E-state index is 13.5. The molecule has 0 saturated heterocycles. The van der Waals surface area contributed by atoms with Crippen molar-refractivity contribution < 1.29 is 8.42 Å². The third-order valence-corrected chi connectivity index (χ3v) is 7.52. The van der Waals surface area contributed by atoms with Gasteiger partial charge in [-0.05, 0) is 55.0 Å². The van der Waals surface area contributed by atoms with Gasteiger partial charge in [0.05, 0.1) is 10.4 Å². The number of aromatic nitrogens is 1. The molecular weight excluding hydrogens is 420 g/mol. The summed E-state index contributed by atoms with van der Waals surface area (Å²) in [5, 5.41) is 0.885. The van der Waals surface area contributed by atoms with Gasteiger partial charge in [0, 0.05) is 18.7 Å². The number of para-hydroxylation sites is 1. The van der Waals surface area contributed by atoms with Crippen LogP contribution in [0.1, 0.15) is 22.3 Å². The van der Waals surface area contributed by atoms with Gasteiger partial charge in [-0.15, -0.1) is 0 Å². The highest BCUT2D eigenvalue weighted by atomic mass is 32.2. The van der Waals surface area contributed by atoms with Crippen molar-refractivity contribution in [2.45, 2.75) is 31.7 Å². The number of nitrogens with one attached hydrogen (secondary N) is 1. The maximum atomic E-state index is 13.5. The summed E-state index contributed by atoms with van der Waals surface area (Å²) in [6.07, 6.45) is 0.552. The molecule has 1 heterocycles. The average Bonchev–Trinajstić information content (AvgIpc) is 2.78. The lowest BCUT2D eigenvalue weighted by atomic mass is 10.1. The van der Waals surface area contributed by atoms with Crippen molar-refractivity contribution in [3.05, 3.63) is 111 Å². The van der Waals surface area contributed by atoms with E-state index in [1.807, 2.05) is 62.4 Å². The summed E-state index contributed by atoms with van der Waals surface area (Å²) in [6.45, 7) is 4.12. The Morgan fingerprint density at radius 1 is 0.875 bits per heavy atom. The van der Waals surface area contributed by atoms with E-state index in [-0.39, 0.29) is 23.5 Å². The van der Waals surface area contributed by atoms with Crippen molar-refractivity contribution in [3.63, 3.8) is 0 Å². The lowest BCUT2D eigenvalue weighted by Gasteiger charge is -2.22. The van der Waals surface area contributed by atoms with Gasteiger partial charge in [0.2, 0.25) is 10.0 Å². The number of sulfonamides is 1. The number of hydrogen-bond donors (Lipinski definition) is 1. The van der Waals surface area contributed by atoms with Crippen molar-refractivity contribution in [2.24, 2.45) is 0 Å². The van der Waals surface area contributed by atoms with E-state index in [1.54, 1.807) is 30.3 Å². The smallest absolute Gasteiger partial charge is 0.252 e. The van der Waals surface area contributed by atoms with Gasteiger partial charge in [0.1, 0.15) is 0 Å². The van der Waals surface area contributed by atoms with Crippen LogP contribution in [0.2, 0.25) is 0 Å². The van der Waals surface area contributed by atoms with E-state index in [2.05, 4.69) is 4.98 Å². The molecule has 0 atom stereocenters. The van der Waals surface area contributed by atoms with E-state index in [0.29, 0.717) is 12.0 Å². The number of H-pyrrole nitrogens is 1. The number of hydrogen-bond acceptors (Lipinski definition) is 3. The summed E-state index contributed by atoms with van der Waals surface area (Å²) in [6, 6.07) is 24.1. The number of aromatic amines is 1. The first-order valence-corrected chi connectivity index (χ1v) is 12.0. The minimum atomic E-state index is -3.78. The Bertz CT molecular complexity index is 1390. The second-order valence-electron chi connectivity index (χ2n) is 8.05. The molecule has 0 aliphatic rings. The van der Waals surface area contributed by atoms with Crippen LogP contribution in [-0.2, 0) is 23.0 Å². The Morgan fingerprint density at radius 3 is 2.31 bits per heavy atom. The highest BCUT2D eigenvalue weighted by Crippen LogP contribution is 2.21. The molecule has 5 nitrogen and oxygen atoms in total. The predicted octanol–water partition coefficient (Wildman–Crippen LogP) is 4.58. The number of benzene rings is 3. The molecule has 6 heteroatoms. The Kier molecular flexibility index (Phi) is 6.26. The van der Waals surface area contributed by atoms with E-state index >= 15 is 0 Å². The van der Waals surface area contributed by atoms with Gasteiger partial charge in [0.25, 0.3) is 5.56 Å². The van der Waals surface area contributed by atoms with Crippen LogP contribution in [0.4, 0.5) is 0 Å². The van der Waals surface area contributed by atoms with Gasteiger partial charge < -0.3 is 4.98 Å². The third-order valence-electron chi connectivity index (χ3n) is 5.66. The van der Waals surface area contributed by atoms with Crippen LogP contribution in [0, 0.1) is 13.8 Å². The first-order valence-electron chi connectivity index (χ1n) is 10.6. The molecule has 0 bridgehead atoms. The molecule has 1 N–H and O–H groups in total. The molecule has 0 fully saturated rings. The summed E-state index contributed by atoms with van der Waals surface area (Å²) >= 11 is 0. The SMILES string of the molecule is Cc1ccc(S(=O)(=O)N(CCc2ccccc2)Cc2cc3cccc(C)c3[nH]c2=O)cc1. The van der Waals surface area contributed by atoms with Crippen molar-refractivity contribution in [1.29, 1.82) is 0 Å². The van der Waals surface area contributed by atoms with Gasteiger partial charge in [-0.1, -0.05) is 66.2 Å². The van der Waals surface area contributed by atoms with E-state index in [9.17, 15) is 13.2 Å². The molecule has 0 saturated carbocycles. The summed E-state index contributed by atoms with van der Waals surface area (Å²) in [5.74, 6) is 0. The summed E-state index contributed by atoms with van der Waals surface area (Å²) in [7, 11) is -3.78. The molecule has 0 aliphatic carbocycles. The minimum absolute atomic E-state index is 0.00224. The standard InChI is InChI=1S/C26H26N2O3S/c1-19-11-13-24(14-12-19)32(30,31)28(16-15-21-8-4-3-5-9-21)18-23-17-22-10-6-7-20(2)25(22)27-26(23)29/h3-14,17H,15-16,18H2,1-2H3,(H,27,29). The van der Waals surface area contributed by atoms with Gasteiger partial charge in [-0.25, -0.2) is 8.42 Å². The van der Waals surface area contributed by atoms with E-state index in [0.717, 1.165) is 27.6 Å². The molecule has 0 amide bonds. The molecule has 0 radical (unpaired) electrons. The van der Waals surface area contributed by atoms with E-state index < -0.39 is 10.0 Å². The number of rotatable bonds is 7. The molecule has 4 aromatic rings. The monoisotopic (exact) mass is 446 g/mol. The number of aryl methyl sites for hydroxylation is 2. The zero-order valence-electron chi connectivity index (χ0n) is 18.2. The lowest BCUT2D eigenvalue weighted by Crippen LogP contribution is -2.34. The van der Waals surface area contributed by atoms with E-state index in [1.165, 1.54) is 4.31 Å². The normalized spacial score (nSPS) is 11.8. The van der Waals surface area contributed by atoms with Crippen LogP contribution in [0.5, 0.6) is 0 Å². The maximum Gasteiger partial charge on any atom is 0.252 e. The van der Waals surface area contributed by atoms with E-state index in [4.69, 9.17) is 0 Å². The van der Waals surface area contributed by atoms with Crippen LogP contribution in [0.15, 0.2) is 88.6 Å². The molecule has 0 aliphatic heterocycles. The first-order chi connectivity index (χ1) is 15.3. The largest absolute Gasteiger partial charge is 0.321 e. The van der Waals surface area contributed by atoms with Gasteiger partial charge >= 0.3 is 0 Å². The molecule has 3 aromatic carbocycles. The number of nitrogens with zero attached hydrogens (tertiary/aromatic N) is 1. The highest BCUT2D eigenvalue weighted by molar-refractivity contribution is 7.89. The topological polar surface area (TPSA) is 70.2 Å². The van der Waals surface area contributed by atoms with Gasteiger partial charge in [-0.3, -0.25) is 4.79 Å². The Morgan fingerprint density at radius 2 is 1.59 bits per heavy atom. The molecule has 0 unspecified atom stereocenters. The Balaban J connectivity index is 1.72. The van der Waals surface area contributed by atoms with Crippen LogP contribution >= 0.6 is 0 Å². The summed E-state index contributed by atoms with van der Waals surface area (Å²) in [4.78, 5) is 16.0. The quantitative estimate of drug-likeness (QED) is 0.452. The lowest BCUT2D eigenvalue weighted by molar-refractivity contribution is 0.408. The predicted molar refractivity (Wildman–Crippen MR) is 128 cm³/mol. The zero-order chi connectivity index (χ0) is 22.7. The summed E-state index contributed by atoms with van der Waals surface area (Å²) < 4.78 is 28.4. The minimum Gasteiger partial charge on any atom is -0.321 e. The van der Waals surface area contributed by atoms with Crippen LogP contribution < -0.4 is 5.56 Å². The van der Waals surface area contributed by atoms with Crippen molar-refractivity contribution in [2.75, 3.05) is 6.54 Å². The summed E-state index contributed by atoms with van der Waals surface area (Å²) in [5.41, 5.74) is 3.93. The van der Waals surface area contributed by atoms with Gasteiger partial charge in [-0.2, -0.15) is 4.31 Å². The fourth-order valence-electron chi connectivity index (χ4n) is 3.78. The second-order valence-corrected chi connectivity index (χ2v) is 9.99. The Hall–Kier alpha value is -3.22. The fourth-order valence-corrected chi connectivity index (χ4v) is 5.20. The molecule has 1 aromatic heterocycles. The highest BCUT2D eigenvalue weighted by Gasteiger charge is 2.25. The van der Waals surface area contributed by atoms with Gasteiger partial charge in [0.15, 0.2) is 0 Å².